The third kappa shape index (κ3) is 4.71. The van der Waals surface area contributed by atoms with Crippen molar-refractivity contribution in [2.75, 3.05) is 6.61 Å². The van der Waals surface area contributed by atoms with E-state index < -0.39 is 0 Å². The van der Waals surface area contributed by atoms with E-state index in [9.17, 15) is 0 Å². The fraction of sp³-hybridized carbons (Fsp3) is 0.529. The second-order valence-electron chi connectivity index (χ2n) is 5.07. The van der Waals surface area contributed by atoms with Crippen LogP contribution in [0.1, 0.15) is 50.5 Å². The van der Waals surface area contributed by atoms with Gasteiger partial charge in [-0.05, 0) is 18.9 Å². The molecule has 2 rings (SSSR count). The Morgan fingerprint density at radius 3 is 2.63 bits per heavy atom. The first-order chi connectivity index (χ1) is 9.40. The molecule has 0 spiro atoms. The number of benzene rings is 1. The van der Waals surface area contributed by atoms with Crippen molar-refractivity contribution in [2.45, 2.75) is 51.2 Å². The summed E-state index contributed by atoms with van der Waals surface area (Å²) in [6.45, 7) is 4.63. The monoisotopic (exact) mass is 260 g/mol. The molecule has 0 saturated carbocycles. The quantitative estimate of drug-likeness (QED) is 0.777. The first kappa shape index (κ1) is 14.1. The number of rotatable bonds is 3. The molecule has 1 aromatic rings. The summed E-state index contributed by atoms with van der Waals surface area (Å²) < 4.78 is 11.9. The molecule has 1 atom stereocenters. The fourth-order valence-corrected chi connectivity index (χ4v) is 2.41. The molecule has 2 nitrogen and oxygen atoms in total. The van der Waals surface area contributed by atoms with E-state index in [-0.39, 0.29) is 6.29 Å². The van der Waals surface area contributed by atoms with E-state index in [1.54, 1.807) is 0 Å². The van der Waals surface area contributed by atoms with Crippen LogP contribution in [0.25, 0.3) is 6.08 Å². The van der Waals surface area contributed by atoms with Crippen molar-refractivity contribution in [2.24, 2.45) is 0 Å². The molecule has 1 saturated heterocycles. The Balaban J connectivity index is 1.96. The molecule has 0 amide bonds. The van der Waals surface area contributed by atoms with Gasteiger partial charge in [-0.15, -0.1) is 0 Å². The Hall–Kier alpha value is -1.28. The predicted molar refractivity (Wildman–Crippen MR) is 79.2 cm³/mol. The van der Waals surface area contributed by atoms with E-state index in [4.69, 9.17) is 9.47 Å². The summed E-state index contributed by atoms with van der Waals surface area (Å²) >= 11 is 0. The van der Waals surface area contributed by atoms with Crippen molar-refractivity contribution >= 4 is 6.08 Å². The molecule has 1 aromatic carbocycles. The SMILES string of the molecule is C=Cc1ccccc1OC1CCCCCCCCO1. The zero-order valence-corrected chi connectivity index (χ0v) is 11.6. The maximum atomic E-state index is 6.02. The average molecular weight is 260 g/mol. The molecule has 0 aliphatic carbocycles. The van der Waals surface area contributed by atoms with E-state index in [2.05, 4.69) is 6.58 Å². The van der Waals surface area contributed by atoms with E-state index in [1.807, 2.05) is 30.3 Å². The van der Waals surface area contributed by atoms with Gasteiger partial charge in [0.15, 0.2) is 6.29 Å². The number of ether oxygens (including phenoxy) is 2. The number of hydrogen-bond acceptors (Lipinski definition) is 2. The largest absolute Gasteiger partial charge is 0.464 e. The average Bonchev–Trinajstić information content (AvgIpc) is 2.46. The fourth-order valence-electron chi connectivity index (χ4n) is 2.41. The topological polar surface area (TPSA) is 18.5 Å². The Morgan fingerprint density at radius 2 is 1.79 bits per heavy atom. The number of hydrogen-bond donors (Lipinski definition) is 0. The minimum Gasteiger partial charge on any atom is -0.464 e. The molecule has 0 radical (unpaired) electrons. The van der Waals surface area contributed by atoms with Crippen molar-refractivity contribution in [1.82, 2.24) is 0 Å². The third-order valence-corrected chi connectivity index (χ3v) is 3.54. The standard InChI is InChI=1S/C17H24O2/c1-2-15-11-8-9-12-16(15)19-17-13-7-5-3-4-6-10-14-18-17/h2,8-9,11-12,17H,1,3-7,10,13-14H2. The molecule has 0 bridgehead atoms. The van der Waals surface area contributed by atoms with Gasteiger partial charge in [0.1, 0.15) is 5.75 Å². The zero-order valence-electron chi connectivity index (χ0n) is 11.6. The Morgan fingerprint density at radius 1 is 1.05 bits per heavy atom. The molecular weight excluding hydrogens is 236 g/mol. The minimum absolute atomic E-state index is 0.112. The van der Waals surface area contributed by atoms with Crippen LogP contribution in [-0.4, -0.2) is 12.9 Å². The van der Waals surface area contributed by atoms with Crippen LogP contribution >= 0.6 is 0 Å². The van der Waals surface area contributed by atoms with Gasteiger partial charge in [0.2, 0.25) is 0 Å². The highest BCUT2D eigenvalue weighted by Crippen LogP contribution is 2.23. The van der Waals surface area contributed by atoms with Crippen molar-refractivity contribution in [3.8, 4) is 5.75 Å². The van der Waals surface area contributed by atoms with Crippen LogP contribution in [0.2, 0.25) is 0 Å². The summed E-state index contributed by atoms with van der Waals surface area (Å²) in [5.41, 5.74) is 1.03. The van der Waals surface area contributed by atoms with Crippen molar-refractivity contribution in [3.63, 3.8) is 0 Å². The first-order valence-corrected chi connectivity index (χ1v) is 7.40. The van der Waals surface area contributed by atoms with Crippen molar-refractivity contribution in [3.05, 3.63) is 36.4 Å². The van der Waals surface area contributed by atoms with Crippen LogP contribution in [0.3, 0.4) is 0 Å². The van der Waals surface area contributed by atoms with E-state index in [1.165, 1.54) is 32.1 Å². The predicted octanol–water partition coefficient (Wildman–Crippen LogP) is 4.80. The lowest BCUT2D eigenvalue weighted by molar-refractivity contribution is -0.0876. The second kappa shape index (κ2) is 8.00. The summed E-state index contributed by atoms with van der Waals surface area (Å²) in [5, 5.41) is 0. The molecule has 1 aliphatic rings. The van der Waals surface area contributed by atoms with Crippen LogP contribution in [0, 0.1) is 0 Å². The maximum absolute atomic E-state index is 6.02. The van der Waals surface area contributed by atoms with Crippen LogP contribution in [0.4, 0.5) is 0 Å². The van der Waals surface area contributed by atoms with Gasteiger partial charge in [0.05, 0.1) is 6.61 Å². The van der Waals surface area contributed by atoms with Crippen LogP contribution in [-0.2, 0) is 4.74 Å². The molecular formula is C17H24O2. The molecule has 0 aromatic heterocycles. The van der Waals surface area contributed by atoms with Gasteiger partial charge in [-0.2, -0.15) is 0 Å². The minimum atomic E-state index is -0.112. The summed E-state index contributed by atoms with van der Waals surface area (Å²) in [5.74, 6) is 0.875. The van der Waals surface area contributed by atoms with Crippen molar-refractivity contribution < 1.29 is 9.47 Å². The second-order valence-corrected chi connectivity index (χ2v) is 5.07. The molecule has 2 heteroatoms. The lowest BCUT2D eigenvalue weighted by atomic mass is 10.1. The molecule has 1 unspecified atom stereocenters. The third-order valence-electron chi connectivity index (χ3n) is 3.54. The highest BCUT2D eigenvalue weighted by atomic mass is 16.7. The van der Waals surface area contributed by atoms with Gasteiger partial charge >= 0.3 is 0 Å². The lowest BCUT2D eigenvalue weighted by Gasteiger charge is -2.21. The highest BCUT2D eigenvalue weighted by Gasteiger charge is 2.13. The first-order valence-electron chi connectivity index (χ1n) is 7.40. The summed E-state index contributed by atoms with van der Waals surface area (Å²) in [4.78, 5) is 0. The van der Waals surface area contributed by atoms with Gasteiger partial charge in [-0.25, -0.2) is 0 Å². The van der Waals surface area contributed by atoms with E-state index >= 15 is 0 Å². The summed E-state index contributed by atoms with van der Waals surface area (Å²) in [6.07, 6.45) is 10.3. The molecule has 104 valence electrons. The molecule has 19 heavy (non-hydrogen) atoms. The van der Waals surface area contributed by atoms with E-state index in [0.717, 1.165) is 30.8 Å². The highest BCUT2D eigenvalue weighted by molar-refractivity contribution is 5.55. The normalized spacial score (nSPS) is 21.6. The Labute approximate surface area is 116 Å². The van der Waals surface area contributed by atoms with Gasteiger partial charge in [0.25, 0.3) is 0 Å². The smallest absolute Gasteiger partial charge is 0.199 e. The summed E-state index contributed by atoms with van der Waals surface area (Å²) in [7, 11) is 0. The summed E-state index contributed by atoms with van der Waals surface area (Å²) in [6, 6.07) is 7.99. The molecule has 1 fully saturated rings. The van der Waals surface area contributed by atoms with Gasteiger partial charge in [0, 0.05) is 12.0 Å². The molecule has 0 N–H and O–H groups in total. The van der Waals surface area contributed by atoms with Crippen molar-refractivity contribution in [1.29, 1.82) is 0 Å². The van der Waals surface area contributed by atoms with Crippen LogP contribution in [0.5, 0.6) is 5.75 Å². The van der Waals surface area contributed by atoms with Crippen LogP contribution in [0.15, 0.2) is 30.8 Å². The zero-order chi connectivity index (χ0) is 13.3. The van der Waals surface area contributed by atoms with Crippen LogP contribution < -0.4 is 4.74 Å². The Kier molecular flexibility index (Phi) is 5.96. The van der Waals surface area contributed by atoms with E-state index in [0.29, 0.717) is 0 Å². The molecule has 1 heterocycles. The Bertz CT molecular complexity index is 377. The van der Waals surface area contributed by atoms with Gasteiger partial charge in [-0.1, -0.05) is 56.5 Å². The van der Waals surface area contributed by atoms with Gasteiger partial charge < -0.3 is 9.47 Å². The molecule has 1 aliphatic heterocycles. The van der Waals surface area contributed by atoms with Gasteiger partial charge in [-0.3, -0.25) is 0 Å². The lowest BCUT2D eigenvalue weighted by Crippen LogP contribution is -2.22. The number of para-hydroxylation sites is 1. The maximum Gasteiger partial charge on any atom is 0.199 e.